The Balaban J connectivity index is 1.51. The first-order valence-corrected chi connectivity index (χ1v) is 7.01. The zero-order valence-corrected chi connectivity index (χ0v) is 11.1. The number of benzene rings is 1. The Morgan fingerprint density at radius 3 is 2.89 bits per heavy atom. The second-order valence-corrected chi connectivity index (χ2v) is 5.74. The lowest BCUT2D eigenvalue weighted by Crippen LogP contribution is -2.32. The summed E-state index contributed by atoms with van der Waals surface area (Å²) in [7, 11) is 0. The van der Waals surface area contributed by atoms with Gasteiger partial charge in [-0.25, -0.2) is 4.39 Å². The van der Waals surface area contributed by atoms with Gasteiger partial charge in [-0.1, -0.05) is 17.7 Å². The van der Waals surface area contributed by atoms with Gasteiger partial charge in [0.15, 0.2) is 0 Å². The molecule has 1 saturated carbocycles. The molecule has 1 heterocycles. The van der Waals surface area contributed by atoms with E-state index in [1.807, 2.05) is 0 Å². The minimum absolute atomic E-state index is 0.274. The Morgan fingerprint density at radius 1 is 1.33 bits per heavy atom. The van der Waals surface area contributed by atoms with E-state index in [-0.39, 0.29) is 5.82 Å². The monoisotopic (exact) mass is 268 g/mol. The van der Waals surface area contributed by atoms with Crippen LogP contribution >= 0.6 is 11.6 Å². The van der Waals surface area contributed by atoms with Crippen molar-refractivity contribution in [2.75, 3.05) is 13.1 Å². The van der Waals surface area contributed by atoms with Gasteiger partial charge in [0.05, 0.1) is 0 Å². The van der Waals surface area contributed by atoms with Crippen LogP contribution in [-0.2, 0) is 6.54 Å². The van der Waals surface area contributed by atoms with Crippen molar-refractivity contribution < 1.29 is 4.39 Å². The van der Waals surface area contributed by atoms with Crippen molar-refractivity contribution in [2.45, 2.75) is 37.9 Å². The van der Waals surface area contributed by atoms with Crippen molar-refractivity contribution in [3.63, 3.8) is 0 Å². The maximum atomic E-state index is 12.9. The lowest BCUT2D eigenvalue weighted by Gasteiger charge is -2.16. The van der Waals surface area contributed by atoms with Gasteiger partial charge >= 0.3 is 0 Å². The first-order chi connectivity index (χ1) is 8.72. The van der Waals surface area contributed by atoms with Crippen molar-refractivity contribution in [1.29, 1.82) is 0 Å². The summed E-state index contributed by atoms with van der Waals surface area (Å²) in [4.78, 5) is 2.57. The summed E-state index contributed by atoms with van der Waals surface area (Å²) < 4.78 is 12.9. The third-order valence-electron chi connectivity index (χ3n) is 3.88. The first kappa shape index (κ1) is 12.4. The molecule has 0 amide bonds. The zero-order valence-electron chi connectivity index (χ0n) is 10.3. The van der Waals surface area contributed by atoms with Gasteiger partial charge in [-0.15, -0.1) is 0 Å². The Morgan fingerprint density at radius 2 is 2.17 bits per heavy atom. The number of hydrogen-bond acceptors (Lipinski definition) is 2. The van der Waals surface area contributed by atoms with Gasteiger partial charge in [0.1, 0.15) is 5.82 Å². The van der Waals surface area contributed by atoms with Crippen LogP contribution in [0.2, 0.25) is 5.02 Å². The van der Waals surface area contributed by atoms with Gasteiger partial charge in [0.25, 0.3) is 0 Å². The van der Waals surface area contributed by atoms with E-state index in [4.69, 9.17) is 11.6 Å². The van der Waals surface area contributed by atoms with Crippen LogP contribution in [0.3, 0.4) is 0 Å². The molecule has 1 aliphatic heterocycles. The van der Waals surface area contributed by atoms with Crippen LogP contribution in [-0.4, -0.2) is 30.1 Å². The molecular weight excluding hydrogens is 251 g/mol. The van der Waals surface area contributed by atoms with Crippen LogP contribution in [0.15, 0.2) is 18.2 Å². The molecule has 2 aliphatic rings. The number of likely N-dealkylation sites (tertiary alicyclic amines) is 1. The summed E-state index contributed by atoms with van der Waals surface area (Å²) >= 11 is 6.01. The average Bonchev–Trinajstić information content (AvgIpc) is 3.08. The molecule has 0 radical (unpaired) electrons. The third kappa shape index (κ3) is 2.85. The molecule has 1 aliphatic carbocycles. The lowest BCUT2D eigenvalue weighted by atomic mass is 10.2. The van der Waals surface area contributed by atoms with Gasteiger partial charge in [-0.2, -0.15) is 0 Å². The Kier molecular flexibility index (Phi) is 3.55. The molecular formula is C14H18ClFN2. The highest BCUT2D eigenvalue weighted by molar-refractivity contribution is 6.31. The predicted molar refractivity (Wildman–Crippen MR) is 71.2 cm³/mol. The second kappa shape index (κ2) is 5.16. The van der Waals surface area contributed by atoms with Gasteiger partial charge in [0, 0.05) is 36.7 Å². The average molecular weight is 269 g/mol. The Labute approximate surface area is 112 Å². The lowest BCUT2D eigenvalue weighted by molar-refractivity contribution is 0.317. The number of rotatable bonds is 4. The molecule has 4 heteroatoms. The second-order valence-electron chi connectivity index (χ2n) is 5.33. The third-order valence-corrected chi connectivity index (χ3v) is 4.23. The summed E-state index contributed by atoms with van der Waals surface area (Å²) in [5.41, 5.74) is 0.975. The normalized spacial score (nSPS) is 24.7. The highest BCUT2D eigenvalue weighted by atomic mass is 35.5. The van der Waals surface area contributed by atoms with E-state index in [9.17, 15) is 4.39 Å². The van der Waals surface area contributed by atoms with Gasteiger partial charge < -0.3 is 5.32 Å². The molecule has 1 atom stereocenters. The number of nitrogens with one attached hydrogen (secondary N) is 1. The molecule has 0 bridgehead atoms. The molecule has 3 rings (SSSR count). The van der Waals surface area contributed by atoms with Crippen molar-refractivity contribution in [1.82, 2.24) is 10.2 Å². The van der Waals surface area contributed by atoms with Crippen LogP contribution in [0.5, 0.6) is 0 Å². The summed E-state index contributed by atoms with van der Waals surface area (Å²) in [6.07, 6.45) is 3.95. The summed E-state index contributed by atoms with van der Waals surface area (Å²) in [6.45, 7) is 3.07. The highest BCUT2D eigenvalue weighted by Gasteiger charge is 2.34. The molecule has 18 heavy (non-hydrogen) atoms. The quantitative estimate of drug-likeness (QED) is 0.903. The predicted octanol–water partition coefficient (Wildman–Crippen LogP) is 2.81. The summed E-state index contributed by atoms with van der Waals surface area (Å²) in [6, 6.07) is 6.01. The van der Waals surface area contributed by atoms with Crippen LogP contribution < -0.4 is 5.32 Å². The van der Waals surface area contributed by atoms with E-state index in [0.717, 1.165) is 24.7 Å². The molecule has 2 nitrogen and oxygen atoms in total. The van der Waals surface area contributed by atoms with E-state index >= 15 is 0 Å². The van der Waals surface area contributed by atoms with Crippen molar-refractivity contribution >= 4 is 11.6 Å². The highest BCUT2D eigenvalue weighted by Crippen LogP contribution is 2.29. The van der Waals surface area contributed by atoms with E-state index in [1.165, 1.54) is 37.9 Å². The molecule has 1 N–H and O–H groups in total. The van der Waals surface area contributed by atoms with Crippen LogP contribution in [0.4, 0.5) is 4.39 Å². The number of halogens is 2. The largest absolute Gasteiger partial charge is 0.309 e. The Hall–Kier alpha value is -0.640. The van der Waals surface area contributed by atoms with Crippen LogP contribution in [0, 0.1) is 5.82 Å². The van der Waals surface area contributed by atoms with E-state index in [1.54, 1.807) is 6.07 Å². The minimum Gasteiger partial charge on any atom is -0.309 e. The smallest absolute Gasteiger partial charge is 0.124 e. The zero-order chi connectivity index (χ0) is 12.5. The molecule has 0 spiro atoms. The van der Waals surface area contributed by atoms with Crippen molar-refractivity contribution in [3.8, 4) is 0 Å². The van der Waals surface area contributed by atoms with Crippen molar-refractivity contribution in [3.05, 3.63) is 34.6 Å². The molecule has 1 saturated heterocycles. The SMILES string of the molecule is Fc1ccc(CNC2CCN(C3CC3)C2)c(Cl)c1. The molecule has 1 aromatic rings. The Bertz CT molecular complexity index is 434. The minimum atomic E-state index is -0.274. The van der Waals surface area contributed by atoms with Crippen LogP contribution in [0.25, 0.3) is 0 Å². The molecule has 2 fully saturated rings. The fourth-order valence-corrected chi connectivity index (χ4v) is 2.88. The maximum Gasteiger partial charge on any atom is 0.124 e. The fourth-order valence-electron chi connectivity index (χ4n) is 2.64. The summed E-state index contributed by atoms with van der Waals surface area (Å²) in [5.74, 6) is -0.274. The number of hydrogen-bond donors (Lipinski definition) is 1. The van der Waals surface area contributed by atoms with E-state index in [2.05, 4.69) is 10.2 Å². The van der Waals surface area contributed by atoms with Gasteiger partial charge in [-0.05, 0) is 37.0 Å². The topological polar surface area (TPSA) is 15.3 Å². The molecule has 0 aromatic heterocycles. The van der Waals surface area contributed by atoms with Crippen molar-refractivity contribution in [2.24, 2.45) is 0 Å². The maximum absolute atomic E-state index is 12.9. The van der Waals surface area contributed by atoms with E-state index in [0.29, 0.717) is 11.1 Å². The molecule has 1 unspecified atom stereocenters. The van der Waals surface area contributed by atoms with Crippen LogP contribution in [0.1, 0.15) is 24.8 Å². The fraction of sp³-hybridized carbons (Fsp3) is 0.571. The van der Waals surface area contributed by atoms with E-state index < -0.39 is 0 Å². The van der Waals surface area contributed by atoms with Gasteiger partial charge in [0.2, 0.25) is 0 Å². The van der Waals surface area contributed by atoms with Gasteiger partial charge in [-0.3, -0.25) is 4.90 Å². The number of nitrogens with zero attached hydrogens (tertiary/aromatic N) is 1. The summed E-state index contributed by atoms with van der Waals surface area (Å²) in [5, 5.41) is 4.04. The first-order valence-electron chi connectivity index (χ1n) is 6.64. The standard InChI is InChI=1S/C14H18ClFN2/c15-14-7-11(16)2-1-10(14)8-17-12-5-6-18(9-12)13-3-4-13/h1-2,7,12-13,17H,3-6,8-9H2. The molecule has 1 aromatic carbocycles. The molecule has 98 valence electrons.